The first-order chi connectivity index (χ1) is 9.69. The highest BCUT2D eigenvalue weighted by Crippen LogP contribution is 2.25. The predicted octanol–water partition coefficient (Wildman–Crippen LogP) is 2.42. The fourth-order valence-corrected chi connectivity index (χ4v) is 1.70. The number of aryl methyl sites for hydroxylation is 1. The number of carbonyl (C=O) groups excluding carboxylic acids is 1. The third-order valence-corrected chi connectivity index (χ3v) is 2.61. The van der Waals surface area contributed by atoms with Crippen LogP contribution in [0.25, 0.3) is 0 Å². The van der Waals surface area contributed by atoms with Crippen molar-refractivity contribution in [3.63, 3.8) is 0 Å². The molecule has 0 atom stereocenters. The summed E-state index contributed by atoms with van der Waals surface area (Å²) in [6.45, 7) is 1.78. The van der Waals surface area contributed by atoms with Gasteiger partial charge in [-0.2, -0.15) is 0 Å². The summed E-state index contributed by atoms with van der Waals surface area (Å²) in [7, 11) is 1.56. The Morgan fingerprint density at radius 3 is 2.70 bits per heavy atom. The van der Waals surface area contributed by atoms with Crippen LogP contribution >= 0.6 is 0 Å². The van der Waals surface area contributed by atoms with Crippen molar-refractivity contribution in [1.29, 1.82) is 0 Å². The van der Waals surface area contributed by atoms with E-state index in [-0.39, 0.29) is 12.5 Å². The van der Waals surface area contributed by atoms with Crippen molar-refractivity contribution in [1.82, 2.24) is 4.98 Å². The maximum Gasteiger partial charge on any atom is 0.262 e. The lowest BCUT2D eigenvalue weighted by Crippen LogP contribution is -2.20. The van der Waals surface area contributed by atoms with Crippen molar-refractivity contribution in [2.24, 2.45) is 0 Å². The van der Waals surface area contributed by atoms with Gasteiger partial charge in [0.1, 0.15) is 0 Å². The number of anilines is 1. The first-order valence-corrected chi connectivity index (χ1v) is 6.17. The van der Waals surface area contributed by atoms with Gasteiger partial charge in [-0.25, -0.2) is 0 Å². The van der Waals surface area contributed by atoms with Gasteiger partial charge in [-0.1, -0.05) is 12.1 Å². The number of benzene rings is 1. The van der Waals surface area contributed by atoms with E-state index in [2.05, 4.69) is 10.3 Å². The SMILES string of the molecule is COc1ccccc1OCC(=O)Nc1ccnc(C)c1. The second kappa shape index (κ2) is 6.56. The number of hydrogen-bond donors (Lipinski definition) is 1. The van der Waals surface area contributed by atoms with Crippen molar-refractivity contribution in [3.8, 4) is 11.5 Å². The molecule has 0 aliphatic rings. The van der Waals surface area contributed by atoms with E-state index in [1.807, 2.05) is 19.1 Å². The zero-order chi connectivity index (χ0) is 14.4. The van der Waals surface area contributed by atoms with E-state index in [4.69, 9.17) is 9.47 Å². The molecule has 20 heavy (non-hydrogen) atoms. The van der Waals surface area contributed by atoms with Crippen LogP contribution in [0.1, 0.15) is 5.69 Å². The molecule has 0 spiro atoms. The Labute approximate surface area is 117 Å². The predicted molar refractivity (Wildman–Crippen MR) is 76.1 cm³/mol. The van der Waals surface area contributed by atoms with Crippen molar-refractivity contribution in [3.05, 3.63) is 48.3 Å². The Bertz CT molecular complexity index is 599. The topological polar surface area (TPSA) is 60.5 Å². The average Bonchev–Trinajstić information content (AvgIpc) is 2.45. The number of pyridine rings is 1. The summed E-state index contributed by atoms with van der Waals surface area (Å²) in [5.74, 6) is 0.901. The number of carbonyl (C=O) groups is 1. The lowest BCUT2D eigenvalue weighted by molar-refractivity contribution is -0.118. The summed E-state index contributed by atoms with van der Waals surface area (Å²) in [6.07, 6.45) is 1.64. The maximum absolute atomic E-state index is 11.8. The van der Waals surface area contributed by atoms with E-state index in [0.29, 0.717) is 17.2 Å². The molecule has 0 bridgehead atoms. The van der Waals surface area contributed by atoms with Crippen LogP contribution in [-0.2, 0) is 4.79 Å². The highest BCUT2D eigenvalue weighted by Gasteiger charge is 2.07. The highest BCUT2D eigenvalue weighted by molar-refractivity contribution is 5.91. The molecular weight excluding hydrogens is 256 g/mol. The third-order valence-electron chi connectivity index (χ3n) is 2.61. The molecule has 1 aromatic carbocycles. The van der Waals surface area contributed by atoms with E-state index in [0.717, 1.165) is 5.69 Å². The Morgan fingerprint density at radius 1 is 1.25 bits per heavy atom. The molecule has 1 heterocycles. The Morgan fingerprint density at radius 2 is 2.00 bits per heavy atom. The molecular formula is C15H16N2O3. The van der Waals surface area contributed by atoms with E-state index >= 15 is 0 Å². The number of amides is 1. The zero-order valence-corrected chi connectivity index (χ0v) is 11.4. The summed E-state index contributed by atoms with van der Waals surface area (Å²) in [5, 5.41) is 2.75. The molecule has 0 aliphatic carbocycles. The number of nitrogens with one attached hydrogen (secondary N) is 1. The van der Waals surface area contributed by atoms with E-state index in [1.165, 1.54) is 0 Å². The van der Waals surface area contributed by atoms with Crippen LogP contribution in [0.5, 0.6) is 11.5 Å². The van der Waals surface area contributed by atoms with Gasteiger partial charge in [0.25, 0.3) is 5.91 Å². The molecule has 2 aromatic rings. The van der Waals surface area contributed by atoms with Crippen LogP contribution in [0.2, 0.25) is 0 Å². The Hall–Kier alpha value is -2.56. The van der Waals surface area contributed by atoms with Crippen LogP contribution in [0.4, 0.5) is 5.69 Å². The standard InChI is InChI=1S/C15H16N2O3/c1-11-9-12(7-8-16-11)17-15(18)10-20-14-6-4-3-5-13(14)19-2/h3-9H,10H2,1-2H3,(H,16,17,18). The number of ether oxygens (including phenoxy) is 2. The van der Waals surface area contributed by atoms with E-state index in [9.17, 15) is 4.79 Å². The fraction of sp³-hybridized carbons (Fsp3) is 0.200. The quantitative estimate of drug-likeness (QED) is 0.908. The number of nitrogens with zero attached hydrogens (tertiary/aromatic N) is 1. The van der Waals surface area contributed by atoms with Gasteiger partial charge in [0.05, 0.1) is 7.11 Å². The molecule has 1 amide bonds. The molecule has 104 valence electrons. The highest BCUT2D eigenvalue weighted by atomic mass is 16.5. The van der Waals surface area contributed by atoms with Gasteiger partial charge in [0.15, 0.2) is 18.1 Å². The Kier molecular flexibility index (Phi) is 4.55. The van der Waals surface area contributed by atoms with Crippen LogP contribution in [0.3, 0.4) is 0 Å². The number of para-hydroxylation sites is 2. The fourth-order valence-electron chi connectivity index (χ4n) is 1.70. The second-order valence-corrected chi connectivity index (χ2v) is 4.17. The smallest absolute Gasteiger partial charge is 0.262 e. The molecule has 0 unspecified atom stereocenters. The lowest BCUT2D eigenvalue weighted by atomic mass is 10.3. The average molecular weight is 272 g/mol. The van der Waals surface area contributed by atoms with Gasteiger partial charge in [0, 0.05) is 17.6 Å². The van der Waals surface area contributed by atoms with Crippen molar-refractivity contribution in [2.45, 2.75) is 6.92 Å². The minimum absolute atomic E-state index is 0.0816. The van der Waals surface area contributed by atoms with Crippen LogP contribution in [0.15, 0.2) is 42.6 Å². The molecule has 1 N–H and O–H groups in total. The molecule has 0 radical (unpaired) electrons. The second-order valence-electron chi connectivity index (χ2n) is 4.17. The van der Waals surface area contributed by atoms with Crippen LogP contribution in [-0.4, -0.2) is 24.6 Å². The molecule has 0 fully saturated rings. The first kappa shape index (κ1) is 13.9. The number of hydrogen-bond acceptors (Lipinski definition) is 4. The van der Waals surface area contributed by atoms with Gasteiger partial charge in [-0.05, 0) is 31.2 Å². The van der Waals surface area contributed by atoms with Gasteiger partial charge >= 0.3 is 0 Å². The summed E-state index contributed by atoms with van der Waals surface area (Å²) >= 11 is 0. The molecule has 5 heteroatoms. The molecule has 0 saturated carbocycles. The minimum atomic E-state index is -0.235. The first-order valence-electron chi connectivity index (χ1n) is 6.17. The molecule has 2 rings (SSSR count). The molecule has 0 aliphatic heterocycles. The number of aromatic nitrogens is 1. The van der Waals surface area contributed by atoms with Crippen molar-refractivity contribution >= 4 is 11.6 Å². The Balaban J connectivity index is 1.92. The molecule has 0 saturated heterocycles. The molecule has 5 nitrogen and oxygen atoms in total. The summed E-state index contributed by atoms with van der Waals surface area (Å²) in [5.41, 5.74) is 1.54. The largest absolute Gasteiger partial charge is 0.493 e. The minimum Gasteiger partial charge on any atom is -0.493 e. The summed E-state index contributed by atoms with van der Waals surface area (Å²) < 4.78 is 10.6. The normalized spacial score (nSPS) is 9.90. The number of methoxy groups -OCH3 is 1. The third kappa shape index (κ3) is 3.71. The van der Waals surface area contributed by atoms with Gasteiger partial charge in [-0.15, -0.1) is 0 Å². The lowest BCUT2D eigenvalue weighted by Gasteiger charge is -2.10. The van der Waals surface area contributed by atoms with Crippen LogP contribution < -0.4 is 14.8 Å². The number of rotatable bonds is 5. The van der Waals surface area contributed by atoms with Crippen molar-refractivity contribution < 1.29 is 14.3 Å². The monoisotopic (exact) mass is 272 g/mol. The zero-order valence-electron chi connectivity index (χ0n) is 11.4. The van der Waals surface area contributed by atoms with E-state index < -0.39 is 0 Å². The van der Waals surface area contributed by atoms with Gasteiger partial charge in [0.2, 0.25) is 0 Å². The van der Waals surface area contributed by atoms with Gasteiger partial charge < -0.3 is 14.8 Å². The summed E-state index contributed by atoms with van der Waals surface area (Å²) in [4.78, 5) is 15.9. The maximum atomic E-state index is 11.8. The molecule has 1 aromatic heterocycles. The van der Waals surface area contributed by atoms with E-state index in [1.54, 1.807) is 37.6 Å². The van der Waals surface area contributed by atoms with Gasteiger partial charge in [-0.3, -0.25) is 9.78 Å². The van der Waals surface area contributed by atoms with Crippen LogP contribution in [0, 0.1) is 6.92 Å². The van der Waals surface area contributed by atoms with Crippen molar-refractivity contribution in [2.75, 3.05) is 19.0 Å². The summed E-state index contributed by atoms with van der Waals surface area (Å²) in [6, 6.07) is 10.7.